The van der Waals surface area contributed by atoms with Crippen LogP contribution in [0.5, 0.6) is 5.88 Å². The van der Waals surface area contributed by atoms with Gasteiger partial charge in [0, 0.05) is 0 Å². The van der Waals surface area contributed by atoms with Gasteiger partial charge in [-0.3, -0.25) is 0 Å². The van der Waals surface area contributed by atoms with Crippen molar-refractivity contribution < 1.29 is 24.1 Å². The van der Waals surface area contributed by atoms with Crippen LogP contribution in [0, 0.1) is 0 Å². The van der Waals surface area contributed by atoms with Crippen molar-refractivity contribution in [1.82, 2.24) is 19.7 Å². The highest BCUT2D eigenvalue weighted by Crippen LogP contribution is 2.33. The zero-order valence-corrected chi connectivity index (χ0v) is 10.5. The molecule has 3 heterocycles. The summed E-state index contributed by atoms with van der Waals surface area (Å²) in [5.74, 6) is 0.314. The molecule has 4 atom stereocenters. The first-order chi connectivity index (χ1) is 9.67. The number of aromatic nitrogens is 4. The topological polar surface area (TPSA) is 103 Å². The molecule has 9 heteroatoms. The van der Waals surface area contributed by atoms with Crippen molar-refractivity contribution in [2.24, 2.45) is 0 Å². The van der Waals surface area contributed by atoms with Gasteiger partial charge in [-0.25, -0.2) is 19.0 Å². The van der Waals surface area contributed by atoms with Gasteiger partial charge in [-0.1, -0.05) is 0 Å². The van der Waals surface area contributed by atoms with E-state index < -0.39 is 31.2 Å². The lowest BCUT2D eigenvalue weighted by atomic mass is 10.1. The maximum atomic E-state index is 14.1. The molecule has 0 saturated carbocycles. The average molecular weight is 284 g/mol. The molecule has 0 amide bonds. The summed E-state index contributed by atoms with van der Waals surface area (Å²) in [5.41, 5.74) is 0.329. The summed E-state index contributed by atoms with van der Waals surface area (Å²) in [4.78, 5) is 7.94. The number of hydrogen-bond acceptors (Lipinski definition) is 7. The van der Waals surface area contributed by atoms with Gasteiger partial charge in [-0.15, -0.1) is 0 Å². The first-order valence-electron chi connectivity index (χ1n) is 5.98. The molecular weight excluding hydrogens is 271 g/mol. The number of hydrogen-bond donors (Lipinski definition) is 2. The average Bonchev–Trinajstić information content (AvgIpc) is 3.01. The van der Waals surface area contributed by atoms with E-state index in [4.69, 9.17) is 14.6 Å². The number of methoxy groups -OCH3 is 1. The Bertz CT molecular complexity index is 621. The lowest BCUT2D eigenvalue weighted by molar-refractivity contribution is -0.0505. The Balaban J connectivity index is 2.03. The maximum absolute atomic E-state index is 14.1. The molecule has 0 unspecified atom stereocenters. The molecule has 0 radical (unpaired) electrons. The van der Waals surface area contributed by atoms with Crippen LogP contribution in [0.25, 0.3) is 11.0 Å². The summed E-state index contributed by atoms with van der Waals surface area (Å²) < 4.78 is 25.6. The molecule has 1 saturated heterocycles. The molecule has 108 valence electrons. The number of rotatable bonds is 3. The molecule has 2 N–H and O–H groups in total. The van der Waals surface area contributed by atoms with Crippen molar-refractivity contribution >= 4 is 11.0 Å². The Morgan fingerprint density at radius 1 is 1.50 bits per heavy atom. The predicted octanol–water partition coefficient (Wildman–Crippen LogP) is -0.576. The lowest BCUT2D eigenvalue weighted by Crippen LogP contribution is -2.30. The molecule has 2 aromatic rings. The second-order valence-corrected chi connectivity index (χ2v) is 4.39. The predicted molar refractivity (Wildman–Crippen MR) is 63.8 cm³/mol. The Kier molecular flexibility index (Phi) is 3.24. The zero-order valence-electron chi connectivity index (χ0n) is 10.5. The van der Waals surface area contributed by atoms with Gasteiger partial charge in [0.05, 0.1) is 19.9 Å². The van der Waals surface area contributed by atoms with Crippen LogP contribution >= 0.6 is 0 Å². The maximum Gasteiger partial charge on any atom is 0.227 e. The largest absolute Gasteiger partial charge is 0.480 e. The molecule has 3 rings (SSSR count). The lowest BCUT2D eigenvalue weighted by Gasteiger charge is -2.14. The fraction of sp³-hybridized carbons (Fsp3) is 0.545. The number of ether oxygens (including phenoxy) is 2. The zero-order chi connectivity index (χ0) is 14.3. The van der Waals surface area contributed by atoms with E-state index in [-0.39, 0.29) is 0 Å². The molecule has 1 aliphatic heterocycles. The van der Waals surface area contributed by atoms with E-state index in [0.29, 0.717) is 16.9 Å². The summed E-state index contributed by atoms with van der Waals surface area (Å²) >= 11 is 0. The van der Waals surface area contributed by atoms with E-state index in [2.05, 4.69) is 15.1 Å². The van der Waals surface area contributed by atoms with Crippen LogP contribution in [0.3, 0.4) is 0 Å². The smallest absolute Gasteiger partial charge is 0.227 e. The minimum atomic E-state index is -1.71. The molecule has 8 nitrogen and oxygen atoms in total. The van der Waals surface area contributed by atoms with Gasteiger partial charge in [0.15, 0.2) is 18.0 Å². The SMILES string of the molecule is COc1ncnc2c1cnn2[C@@H]1O[C@H](CO)[C@@H](O)[C@@H]1F. The van der Waals surface area contributed by atoms with Gasteiger partial charge in [-0.2, -0.15) is 5.10 Å². The molecule has 20 heavy (non-hydrogen) atoms. The quantitative estimate of drug-likeness (QED) is 0.777. The summed E-state index contributed by atoms with van der Waals surface area (Å²) in [7, 11) is 1.45. The number of aliphatic hydroxyl groups excluding tert-OH is 2. The highest BCUT2D eigenvalue weighted by molar-refractivity contribution is 5.79. The van der Waals surface area contributed by atoms with E-state index >= 15 is 0 Å². The van der Waals surface area contributed by atoms with Crippen LogP contribution < -0.4 is 4.74 Å². The Morgan fingerprint density at radius 2 is 2.30 bits per heavy atom. The molecule has 0 aromatic carbocycles. The van der Waals surface area contributed by atoms with Crippen molar-refractivity contribution in [3.05, 3.63) is 12.5 Å². The van der Waals surface area contributed by atoms with Crippen molar-refractivity contribution in [1.29, 1.82) is 0 Å². The first-order valence-corrected chi connectivity index (χ1v) is 5.98. The van der Waals surface area contributed by atoms with E-state index in [1.165, 1.54) is 24.3 Å². The number of nitrogens with zero attached hydrogens (tertiary/aromatic N) is 4. The minimum Gasteiger partial charge on any atom is -0.480 e. The van der Waals surface area contributed by atoms with Gasteiger partial charge in [0.25, 0.3) is 0 Å². The Hall–Kier alpha value is -1.84. The summed E-state index contributed by atoms with van der Waals surface area (Å²) in [6.45, 7) is -0.477. The molecule has 0 bridgehead atoms. The van der Waals surface area contributed by atoms with Crippen LogP contribution in [0.15, 0.2) is 12.5 Å². The number of aliphatic hydroxyl groups is 2. The molecule has 1 aliphatic rings. The first kappa shape index (κ1) is 13.2. The third kappa shape index (κ3) is 1.82. The molecular formula is C11H13FN4O4. The van der Waals surface area contributed by atoms with Gasteiger partial charge >= 0.3 is 0 Å². The van der Waals surface area contributed by atoms with Gasteiger partial charge in [0.2, 0.25) is 5.88 Å². The Morgan fingerprint density at radius 3 is 2.95 bits per heavy atom. The summed E-state index contributed by atoms with van der Waals surface area (Å²) in [6, 6.07) is 0. The molecule has 1 fully saturated rings. The molecule has 0 spiro atoms. The van der Waals surface area contributed by atoms with E-state index in [0.717, 1.165) is 0 Å². The summed E-state index contributed by atoms with van der Waals surface area (Å²) in [6.07, 6.45) is -2.56. The number of halogens is 1. The standard InChI is InChI=1S/C11H13FN4O4/c1-19-10-5-2-15-16(9(5)13-4-14-10)11-7(12)8(18)6(3-17)20-11/h2,4,6-8,11,17-18H,3H2,1H3/t6-,7+,8-,11-/m1/s1. The van der Waals surface area contributed by atoms with Crippen molar-refractivity contribution in [3.63, 3.8) is 0 Å². The summed E-state index contributed by atoms with van der Waals surface area (Å²) in [5, 5.41) is 23.2. The van der Waals surface area contributed by atoms with E-state index in [1.807, 2.05) is 0 Å². The van der Waals surface area contributed by atoms with Crippen LogP contribution in [-0.2, 0) is 4.74 Å². The Labute approximate surface area is 112 Å². The van der Waals surface area contributed by atoms with Gasteiger partial charge < -0.3 is 19.7 Å². The van der Waals surface area contributed by atoms with Crippen LogP contribution in [-0.4, -0.2) is 62.1 Å². The number of alkyl halides is 1. The van der Waals surface area contributed by atoms with Crippen LogP contribution in [0.1, 0.15) is 6.23 Å². The van der Waals surface area contributed by atoms with Gasteiger partial charge in [0.1, 0.15) is 23.9 Å². The van der Waals surface area contributed by atoms with E-state index in [1.54, 1.807) is 0 Å². The minimum absolute atomic E-state index is 0.314. The fourth-order valence-electron chi connectivity index (χ4n) is 2.24. The van der Waals surface area contributed by atoms with Crippen molar-refractivity contribution in [3.8, 4) is 5.88 Å². The highest BCUT2D eigenvalue weighted by atomic mass is 19.1. The number of fused-ring (bicyclic) bond motifs is 1. The molecule has 0 aliphatic carbocycles. The molecule has 2 aromatic heterocycles. The van der Waals surface area contributed by atoms with Gasteiger partial charge in [-0.05, 0) is 0 Å². The van der Waals surface area contributed by atoms with Crippen LogP contribution in [0.4, 0.5) is 4.39 Å². The third-order valence-electron chi connectivity index (χ3n) is 3.26. The second kappa shape index (κ2) is 4.93. The van der Waals surface area contributed by atoms with Crippen LogP contribution in [0.2, 0.25) is 0 Å². The monoisotopic (exact) mass is 284 g/mol. The highest BCUT2D eigenvalue weighted by Gasteiger charge is 2.45. The third-order valence-corrected chi connectivity index (χ3v) is 3.26. The second-order valence-electron chi connectivity index (χ2n) is 4.39. The van der Waals surface area contributed by atoms with E-state index in [9.17, 15) is 9.50 Å². The normalized spacial score (nSPS) is 30.0. The fourth-order valence-corrected chi connectivity index (χ4v) is 2.24. The van der Waals surface area contributed by atoms with Crippen molar-refractivity contribution in [2.75, 3.05) is 13.7 Å². The van der Waals surface area contributed by atoms with Crippen molar-refractivity contribution in [2.45, 2.75) is 24.6 Å².